The molecule has 1 aromatic carbocycles. The number of para-hydroxylation sites is 1. The molecule has 8 nitrogen and oxygen atoms in total. The van der Waals surface area contributed by atoms with Gasteiger partial charge in [0.25, 0.3) is 11.8 Å². The second-order valence-electron chi connectivity index (χ2n) is 6.26. The summed E-state index contributed by atoms with van der Waals surface area (Å²) in [4.78, 5) is 48.2. The van der Waals surface area contributed by atoms with E-state index in [0.29, 0.717) is 11.3 Å². The number of halogens is 3. The van der Waals surface area contributed by atoms with E-state index in [0.717, 1.165) is 12.1 Å². The van der Waals surface area contributed by atoms with Gasteiger partial charge >= 0.3 is 18.2 Å². The molecule has 0 aliphatic carbocycles. The SMILES string of the molecule is CC[C@@]1(C)NC(=O)N(CC(=O)OCC(=O)Nc2ccccc2C(F)(F)F)C1=O. The fourth-order valence-electron chi connectivity index (χ4n) is 2.48. The third kappa shape index (κ3) is 4.59. The van der Waals surface area contributed by atoms with Gasteiger partial charge in [-0.3, -0.25) is 19.3 Å². The summed E-state index contributed by atoms with van der Waals surface area (Å²) >= 11 is 0. The molecule has 2 N–H and O–H groups in total. The Morgan fingerprint density at radius 3 is 2.46 bits per heavy atom. The van der Waals surface area contributed by atoms with Gasteiger partial charge in [-0.1, -0.05) is 19.1 Å². The zero-order valence-electron chi connectivity index (χ0n) is 15.1. The van der Waals surface area contributed by atoms with Crippen molar-refractivity contribution in [3.05, 3.63) is 29.8 Å². The van der Waals surface area contributed by atoms with Gasteiger partial charge < -0.3 is 15.4 Å². The number of carbonyl (C=O) groups is 4. The average Bonchev–Trinajstić information content (AvgIpc) is 2.83. The minimum absolute atomic E-state index is 0.310. The lowest BCUT2D eigenvalue weighted by atomic mass is 9.99. The first kappa shape index (κ1) is 21.2. The van der Waals surface area contributed by atoms with E-state index in [9.17, 15) is 32.3 Å². The maximum absolute atomic E-state index is 12.9. The van der Waals surface area contributed by atoms with Gasteiger partial charge in [-0.05, 0) is 25.5 Å². The molecule has 1 aliphatic heterocycles. The van der Waals surface area contributed by atoms with Crippen LogP contribution in [0.5, 0.6) is 0 Å². The number of esters is 1. The molecule has 4 amide bonds. The lowest BCUT2D eigenvalue weighted by molar-refractivity contribution is -0.150. The molecule has 11 heteroatoms. The first-order valence-electron chi connectivity index (χ1n) is 8.23. The zero-order chi connectivity index (χ0) is 21.1. The maximum Gasteiger partial charge on any atom is 0.418 e. The second-order valence-corrected chi connectivity index (χ2v) is 6.26. The van der Waals surface area contributed by atoms with Crippen molar-refractivity contribution in [2.24, 2.45) is 0 Å². The lowest BCUT2D eigenvalue weighted by Crippen LogP contribution is -2.43. The van der Waals surface area contributed by atoms with Crippen LogP contribution in [0.2, 0.25) is 0 Å². The first-order chi connectivity index (χ1) is 13.0. The number of urea groups is 1. The minimum atomic E-state index is -4.67. The summed E-state index contributed by atoms with van der Waals surface area (Å²) in [5.41, 5.74) is -2.66. The van der Waals surface area contributed by atoms with E-state index < -0.39 is 59.9 Å². The largest absolute Gasteiger partial charge is 0.454 e. The predicted molar refractivity (Wildman–Crippen MR) is 90.0 cm³/mol. The normalized spacial score (nSPS) is 19.4. The Kier molecular flexibility index (Phi) is 5.95. The maximum atomic E-state index is 12.9. The fourth-order valence-corrected chi connectivity index (χ4v) is 2.48. The number of hydrogen-bond donors (Lipinski definition) is 2. The van der Waals surface area contributed by atoms with Crippen molar-refractivity contribution in [1.82, 2.24) is 10.2 Å². The van der Waals surface area contributed by atoms with Crippen molar-refractivity contribution in [2.75, 3.05) is 18.5 Å². The number of amides is 4. The van der Waals surface area contributed by atoms with Crippen LogP contribution in [0.15, 0.2) is 24.3 Å². The molecule has 1 heterocycles. The molecule has 2 rings (SSSR count). The van der Waals surface area contributed by atoms with Crippen molar-refractivity contribution < 1.29 is 37.1 Å². The summed E-state index contributed by atoms with van der Waals surface area (Å²) in [7, 11) is 0. The Bertz CT molecular complexity index is 811. The van der Waals surface area contributed by atoms with E-state index >= 15 is 0 Å². The van der Waals surface area contributed by atoms with Crippen molar-refractivity contribution in [2.45, 2.75) is 32.0 Å². The van der Waals surface area contributed by atoms with Crippen LogP contribution < -0.4 is 10.6 Å². The van der Waals surface area contributed by atoms with E-state index in [1.165, 1.54) is 19.1 Å². The highest BCUT2D eigenvalue weighted by Crippen LogP contribution is 2.34. The van der Waals surface area contributed by atoms with Crippen molar-refractivity contribution >= 4 is 29.5 Å². The molecule has 28 heavy (non-hydrogen) atoms. The molecular formula is C17H18F3N3O5. The van der Waals surface area contributed by atoms with Crippen LogP contribution in [-0.4, -0.2) is 47.4 Å². The molecule has 1 atom stereocenters. The van der Waals surface area contributed by atoms with Crippen LogP contribution in [0.25, 0.3) is 0 Å². The van der Waals surface area contributed by atoms with Gasteiger partial charge in [-0.15, -0.1) is 0 Å². The molecule has 0 radical (unpaired) electrons. The highest BCUT2D eigenvalue weighted by molar-refractivity contribution is 6.08. The predicted octanol–water partition coefficient (Wildman–Crippen LogP) is 1.91. The second kappa shape index (κ2) is 7.87. The molecule has 1 aromatic rings. The number of hydrogen-bond acceptors (Lipinski definition) is 5. The Morgan fingerprint density at radius 1 is 1.25 bits per heavy atom. The molecule has 1 saturated heterocycles. The Labute approximate surface area is 158 Å². The number of anilines is 1. The molecule has 0 unspecified atom stereocenters. The molecular weight excluding hydrogens is 383 g/mol. The van der Waals surface area contributed by atoms with E-state index in [2.05, 4.69) is 10.1 Å². The summed E-state index contributed by atoms with van der Waals surface area (Å²) in [5, 5.41) is 4.46. The summed E-state index contributed by atoms with van der Waals surface area (Å²) in [6.45, 7) is 1.60. The summed E-state index contributed by atoms with van der Waals surface area (Å²) in [6, 6.07) is 3.56. The van der Waals surface area contributed by atoms with Crippen molar-refractivity contribution in [3.63, 3.8) is 0 Å². The van der Waals surface area contributed by atoms with Gasteiger partial charge in [0.1, 0.15) is 12.1 Å². The molecule has 0 saturated carbocycles. The van der Waals surface area contributed by atoms with Crippen LogP contribution in [-0.2, 0) is 25.3 Å². The summed E-state index contributed by atoms with van der Waals surface area (Å²) < 4.78 is 43.3. The fraction of sp³-hybridized carbons (Fsp3) is 0.412. The highest BCUT2D eigenvalue weighted by Gasteiger charge is 2.47. The molecule has 152 valence electrons. The first-order valence-corrected chi connectivity index (χ1v) is 8.23. The van der Waals surface area contributed by atoms with E-state index in [-0.39, 0.29) is 0 Å². The van der Waals surface area contributed by atoms with Gasteiger partial charge in [-0.2, -0.15) is 13.2 Å². The van der Waals surface area contributed by atoms with Gasteiger partial charge in [0.2, 0.25) is 0 Å². The van der Waals surface area contributed by atoms with Gasteiger partial charge in [0.15, 0.2) is 6.61 Å². The third-order valence-electron chi connectivity index (χ3n) is 4.21. The van der Waals surface area contributed by atoms with Crippen molar-refractivity contribution in [3.8, 4) is 0 Å². The van der Waals surface area contributed by atoms with Crippen LogP contribution in [0.3, 0.4) is 0 Å². The van der Waals surface area contributed by atoms with Gasteiger partial charge in [0, 0.05) is 0 Å². The number of benzene rings is 1. The van der Waals surface area contributed by atoms with Crippen LogP contribution >= 0.6 is 0 Å². The van der Waals surface area contributed by atoms with Crippen LogP contribution in [0.1, 0.15) is 25.8 Å². The Balaban J connectivity index is 1.91. The third-order valence-corrected chi connectivity index (χ3v) is 4.21. The number of rotatable bonds is 6. The smallest absolute Gasteiger partial charge is 0.418 e. The Hall–Kier alpha value is -3.11. The number of nitrogens with one attached hydrogen (secondary N) is 2. The monoisotopic (exact) mass is 401 g/mol. The quantitative estimate of drug-likeness (QED) is 0.560. The van der Waals surface area contributed by atoms with Gasteiger partial charge in [0.05, 0.1) is 11.3 Å². The van der Waals surface area contributed by atoms with E-state index in [1.807, 2.05) is 5.32 Å². The highest BCUT2D eigenvalue weighted by atomic mass is 19.4. The van der Waals surface area contributed by atoms with Crippen molar-refractivity contribution in [1.29, 1.82) is 0 Å². The molecule has 0 aromatic heterocycles. The number of imide groups is 1. The van der Waals surface area contributed by atoms with Gasteiger partial charge in [-0.25, -0.2) is 4.79 Å². The molecule has 0 bridgehead atoms. The van der Waals surface area contributed by atoms with E-state index in [4.69, 9.17) is 0 Å². The number of ether oxygens (including phenoxy) is 1. The zero-order valence-corrected chi connectivity index (χ0v) is 15.1. The summed E-state index contributed by atoms with van der Waals surface area (Å²) in [5.74, 6) is -2.66. The number of carbonyl (C=O) groups excluding carboxylic acids is 4. The minimum Gasteiger partial charge on any atom is -0.454 e. The van der Waals surface area contributed by atoms with E-state index in [1.54, 1.807) is 6.92 Å². The topological polar surface area (TPSA) is 105 Å². The molecule has 1 fully saturated rings. The lowest BCUT2D eigenvalue weighted by Gasteiger charge is -2.18. The molecule has 0 spiro atoms. The molecule has 1 aliphatic rings. The summed E-state index contributed by atoms with van der Waals surface area (Å²) in [6.07, 6.45) is -4.36. The number of nitrogens with zero attached hydrogens (tertiary/aromatic N) is 1. The average molecular weight is 401 g/mol. The Morgan fingerprint density at radius 2 is 1.89 bits per heavy atom. The number of alkyl halides is 3. The standard InChI is InChI=1S/C17H18F3N3O5/c1-3-16(2)14(26)23(15(27)22-16)8-13(25)28-9-12(24)21-11-7-5-4-6-10(11)17(18,19)20/h4-7H,3,8-9H2,1-2H3,(H,21,24)(H,22,27)/t16-/m1/s1. The van der Waals surface area contributed by atoms with Crippen LogP contribution in [0, 0.1) is 0 Å². The van der Waals surface area contributed by atoms with Crippen LogP contribution in [0.4, 0.5) is 23.7 Å².